The standard InChI is InChI=1S/C15H16ClN3OS/c1-11(20)18-6-8-19(9-7-18)15-17-14(10-21-15)12-4-2-3-5-13(12)16/h2-5,10H,6-9H2,1H3. The van der Waals surface area contributed by atoms with Crippen LogP contribution >= 0.6 is 22.9 Å². The van der Waals surface area contributed by atoms with E-state index in [1.54, 1.807) is 18.3 Å². The summed E-state index contributed by atoms with van der Waals surface area (Å²) in [5, 5.41) is 3.75. The number of rotatable bonds is 2. The molecular formula is C15H16ClN3OS. The van der Waals surface area contributed by atoms with Gasteiger partial charge in [-0.2, -0.15) is 0 Å². The van der Waals surface area contributed by atoms with Crippen LogP contribution in [0.2, 0.25) is 5.02 Å². The van der Waals surface area contributed by atoms with Gasteiger partial charge < -0.3 is 9.80 Å². The molecule has 1 aliphatic heterocycles. The number of halogens is 1. The van der Waals surface area contributed by atoms with Crippen LogP contribution in [-0.2, 0) is 4.79 Å². The molecule has 0 N–H and O–H groups in total. The Labute approximate surface area is 133 Å². The third-order valence-electron chi connectivity index (χ3n) is 3.64. The van der Waals surface area contributed by atoms with E-state index < -0.39 is 0 Å². The van der Waals surface area contributed by atoms with Gasteiger partial charge in [0.15, 0.2) is 5.13 Å². The summed E-state index contributed by atoms with van der Waals surface area (Å²) in [6.45, 7) is 4.80. The Morgan fingerprint density at radius 1 is 1.24 bits per heavy atom. The van der Waals surface area contributed by atoms with Gasteiger partial charge in [0.2, 0.25) is 5.91 Å². The second-order valence-electron chi connectivity index (χ2n) is 4.99. The summed E-state index contributed by atoms with van der Waals surface area (Å²) in [5.41, 5.74) is 1.87. The van der Waals surface area contributed by atoms with E-state index in [9.17, 15) is 4.79 Å². The van der Waals surface area contributed by atoms with Crippen molar-refractivity contribution < 1.29 is 4.79 Å². The lowest BCUT2D eigenvalue weighted by molar-refractivity contribution is -0.129. The van der Waals surface area contributed by atoms with Crippen molar-refractivity contribution in [3.05, 3.63) is 34.7 Å². The van der Waals surface area contributed by atoms with Gasteiger partial charge >= 0.3 is 0 Å². The number of nitrogens with zero attached hydrogens (tertiary/aromatic N) is 3. The number of hydrogen-bond donors (Lipinski definition) is 0. The van der Waals surface area contributed by atoms with Crippen LogP contribution in [0.5, 0.6) is 0 Å². The SMILES string of the molecule is CC(=O)N1CCN(c2nc(-c3ccccc3Cl)cs2)CC1. The Balaban J connectivity index is 1.74. The molecule has 0 unspecified atom stereocenters. The third kappa shape index (κ3) is 3.04. The van der Waals surface area contributed by atoms with E-state index >= 15 is 0 Å². The third-order valence-corrected chi connectivity index (χ3v) is 4.87. The number of amides is 1. The second kappa shape index (κ2) is 6.03. The molecule has 1 aromatic carbocycles. The normalized spacial score (nSPS) is 15.3. The van der Waals surface area contributed by atoms with Crippen LogP contribution in [0.4, 0.5) is 5.13 Å². The highest BCUT2D eigenvalue weighted by Crippen LogP contribution is 2.32. The van der Waals surface area contributed by atoms with E-state index in [0.29, 0.717) is 0 Å². The van der Waals surface area contributed by atoms with E-state index in [1.165, 1.54) is 0 Å². The summed E-state index contributed by atoms with van der Waals surface area (Å²) in [6, 6.07) is 7.74. The van der Waals surface area contributed by atoms with E-state index in [1.807, 2.05) is 34.5 Å². The van der Waals surface area contributed by atoms with Crippen LogP contribution in [0.15, 0.2) is 29.6 Å². The number of anilines is 1. The maximum atomic E-state index is 11.3. The van der Waals surface area contributed by atoms with Crippen molar-refractivity contribution in [2.45, 2.75) is 6.92 Å². The Morgan fingerprint density at radius 2 is 1.95 bits per heavy atom. The lowest BCUT2D eigenvalue weighted by atomic mass is 10.2. The largest absolute Gasteiger partial charge is 0.345 e. The number of thiazole rings is 1. The fourth-order valence-electron chi connectivity index (χ4n) is 2.41. The summed E-state index contributed by atoms with van der Waals surface area (Å²) >= 11 is 7.84. The molecule has 3 rings (SSSR count). The van der Waals surface area contributed by atoms with Gasteiger partial charge in [0.25, 0.3) is 0 Å². The van der Waals surface area contributed by atoms with Crippen LogP contribution < -0.4 is 4.90 Å². The first-order valence-corrected chi connectivity index (χ1v) is 8.12. The molecule has 21 heavy (non-hydrogen) atoms. The Morgan fingerprint density at radius 3 is 2.62 bits per heavy atom. The first-order valence-electron chi connectivity index (χ1n) is 6.86. The number of hydrogen-bond acceptors (Lipinski definition) is 4. The van der Waals surface area contributed by atoms with E-state index in [-0.39, 0.29) is 5.91 Å². The Kier molecular flexibility index (Phi) is 4.12. The van der Waals surface area contributed by atoms with Crippen LogP contribution in [0.25, 0.3) is 11.3 Å². The first kappa shape index (κ1) is 14.4. The second-order valence-corrected chi connectivity index (χ2v) is 6.23. The molecule has 4 nitrogen and oxygen atoms in total. The Hall–Kier alpha value is -1.59. The average molecular weight is 322 g/mol. The summed E-state index contributed by atoms with van der Waals surface area (Å²) in [4.78, 5) is 20.1. The summed E-state index contributed by atoms with van der Waals surface area (Å²) in [7, 11) is 0. The molecule has 1 aliphatic rings. The number of benzene rings is 1. The molecule has 0 radical (unpaired) electrons. The first-order chi connectivity index (χ1) is 10.1. The predicted octanol–water partition coefficient (Wildman–Crippen LogP) is 3.13. The van der Waals surface area contributed by atoms with Crippen molar-refractivity contribution >= 4 is 34.0 Å². The minimum Gasteiger partial charge on any atom is -0.345 e. The quantitative estimate of drug-likeness (QED) is 0.852. The zero-order chi connectivity index (χ0) is 14.8. The van der Waals surface area contributed by atoms with Gasteiger partial charge in [0, 0.05) is 49.1 Å². The minimum absolute atomic E-state index is 0.144. The topological polar surface area (TPSA) is 36.4 Å². The molecule has 0 spiro atoms. The van der Waals surface area contributed by atoms with Gasteiger partial charge in [0.1, 0.15) is 0 Å². The fourth-order valence-corrected chi connectivity index (χ4v) is 3.53. The monoisotopic (exact) mass is 321 g/mol. The number of carbonyl (C=O) groups excluding carboxylic acids is 1. The zero-order valence-electron chi connectivity index (χ0n) is 11.8. The number of carbonyl (C=O) groups is 1. The Bertz CT molecular complexity index is 650. The van der Waals surface area contributed by atoms with Crippen molar-refractivity contribution in [1.29, 1.82) is 0 Å². The molecule has 1 amide bonds. The van der Waals surface area contributed by atoms with Crippen LogP contribution in [0.1, 0.15) is 6.92 Å². The van der Waals surface area contributed by atoms with Crippen molar-refractivity contribution in [2.75, 3.05) is 31.1 Å². The van der Waals surface area contributed by atoms with Gasteiger partial charge in [-0.25, -0.2) is 4.98 Å². The summed E-state index contributed by atoms with van der Waals surface area (Å²) in [6.07, 6.45) is 0. The smallest absolute Gasteiger partial charge is 0.219 e. The molecule has 1 fully saturated rings. The fraction of sp³-hybridized carbons (Fsp3) is 0.333. The predicted molar refractivity (Wildman–Crippen MR) is 87.0 cm³/mol. The average Bonchev–Trinajstić information content (AvgIpc) is 2.97. The zero-order valence-corrected chi connectivity index (χ0v) is 13.3. The molecule has 110 valence electrons. The number of piperazine rings is 1. The molecule has 1 aromatic heterocycles. The van der Waals surface area contributed by atoms with Crippen LogP contribution in [0, 0.1) is 0 Å². The van der Waals surface area contributed by atoms with E-state index in [4.69, 9.17) is 16.6 Å². The summed E-state index contributed by atoms with van der Waals surface area (Å²) < 4.78 is 0. The highest BCUT2D eigenvalue weighted by atomic mass is 35.5. The maximum absolute atomic E-state index is 11.3. The highest BCUT2D eigenvalue weighted by Gasteiger charge is 2.21. The number of aromatic nitrogens is 1. The van der Waals surface area contributed by atoms with Crippen LogP contribution in [0.3, 0.4) is 0 Å². The minimum atomic E-state index is 0.144. The highest BCUT2D eigenvalue weighted by molar-refractivity contribution is 7.14. The van der Waals surface area contributed by atoms with E-state index in [2.05, 4.69) is 4.90 Å². The maximum Gasteiger partial charge on any atom is 0.219 e. The molecule has 6 heteroatoms. The van der Waals surface area contributed by atoms with Gasteiger partial charge in [-0.05, 0) is 6.07 Å². The molecule has 1 saturated heterocycles. The molecule has 0 atom stereocenters. The summed E-state index contributed by atoms with van der Waals surface area (Å²) in [5.74, 6) is 0.144. The van der Waals surface area contributed by atoms with Gasteiger partial charge in [0.05, 0.1) is 5.69 Å². The molecule has 0 bridgehead atoms. The van der Waals surface area contributed by atoms with Gasteiger partial charge in [-0.1, -0.05) is 29.8 Å². The molecular weight excluding hydrogens is 306 g/mol. The van der Waals surface area contributed by atoms with E-state index in [0.717, 1.165) is 47.6 Å². The van der Waals surface area contributed by atoms with Gasteiger partial charge in [-0.15, -0.1) is 11.3 Å². The molecule has 2 aromatic rings. The van der Waals surface area contributed by atoms with Gasteiger partial charge in [-0.3, -0.25) is 4.79 Å². The molecule has 0 saturated carbocycles. The van der Waals surface area contributed by atoms with Crippen molar-refractivity contribution in [3.8, 4) is 11.3 Å². The van der Waals surface area contributed by atoms with Crippen molar-refractivity contribution in [3.63, 3.8) is 0 Å². The molecule has 2 heterocycles. The lowest BCUT2D eigenvalue weighted by Crippen LogP contribution is -2.48. The van der Waals surface area contributed by atoms with Crippen molar-refractivity contribution in [2.24, 2.45) is 0 Å². The lowest BCUT2D eigenvalue weighted by Gasteiger charge is -2.33. The van der Waals surface area contributed by atoms with Crippen LogP contribution in [-0.4, -0.2) is 42.0 Å². The molecule has 0 aliphatic carbocycles. The van der Waals surface area contributed by atoms with Crippen molar-refractivity contribution in [1.82, 2.24) is 9.88 Å².